The van der Waals surface area contributed by atoms with Gasteiger partial charge in [-0.3, -0.25) is 9.79 Å². The van der Waals surface area contributed by atoms with Gasteiger partial charge in [-0.2, -0.15) is 0 Å². The molecule has 0 atom stereocenters. The lowest BCUT2D eigenvalue weighted by Gasteiger charge is -2.18. The average Bonchev–Trinajstić information content (AvgIpc) is 3.54. The van der Waals surface area contributed by atoms with Crippen LogP contribution in [0.1, 0.15) is 41.6 Å². The van der Waals surface area contributed by atoms with Crippen molar-refractivity contribution >= 4 is 35.8 Å². The highest BCUT2D eigenvalue weighted by Crippen LogP contribution is 2.48. The third-order valence-electron chi connectivity index (χ3n) is 5.31. The molecule has 3 rings (SSSR count). The summed E-state index contributed by atoms with van der Waals surface area (Å²) in [5.41, 5.74) is 1.86. The fourth-order valence-electron chi connectivity index (χ4n) is 3.54. The molecule has 0 aromatic heterocycles. The Bertz CT molecular complexity index is 614. The van der Waals surface area contributed by atoms with Crippen LogP contribution >= 0.6 is 24.0 Å². The summed E-state index contributed by atoms with van der Waals surface area (Å²) < 4.78 is 0. The van der Waals surface area contributed by atoms with Gasteiger partial charge in [0.05, 0.1) is 0 Å². The zero-order valence-corrected chi connectivity index (χ0v) is 18.1. The van der Waals surface area contributed by atoms with Crippen molar-refractivity contribution < 1.29 is 4.79 Å². The molecule has 1 aromatic carbocycles. The highest BCUT2D eigenvalue weighted by molar-refractivity contribution is 14.0. The van der Waals surface area contributed by atoms with E-state index < -0.39 is 0 Å². The number of guanidine groups is 1. The summed E-state index contributed by atoms with van der Waals surface area (Å²) in [5.74, 6) is 3.58. The Balaban J connectivity index is 0.00000243. The summed E-state index contributed by atoms with van der Waals surface area (Å²) >= 11 is 0. The third kappa shape index (κ3) is 6.14. The van der Waals surface area contributed by atoms with Crippen molar-refractivity contribution in [3.63, 3.8) is 0 Å². The van der Waals surface area contributed by atoms with Gasteiger partial charge < -0.3 is 16.0 Å². The number of aliphatic imine (C=N–C) groups is 1. The molecule has 0 radical (unpaired) electrons. The van der Waals surface area contributed by atoms with Crippen molar-refractivity contribution in [2.45, 2.75) is 32.1 Å². The molecule has 0 heterocycles. The molecule has 2 saturated carbocycles. The first-order chi connectivity index (χ1) is 12.2. The number of rotatable bonds is 8. The minimum atomic E-state index is -0.0431. The fourth-order valence-corrected chi connectivity index (χ4v) is 3.54. The van der Waals surface area contributed by atoms with E-state index in [1.165, 1.54) is 25.7 Å². The maximum Gasteiger partial charge on any atom is 0.251 e. The van der Waals surface area contributed by atoms with Crippen LogP contribution in [0.5, 0.6) is 0 Å². The van der Waals surface area contributed by atoms with E-state index in [1.807, 2.05) is 25.2 Å². The van der Waals surface area contributed by atoms with Crippen LogP contribution in [0.15, 0.2) is 29.3 Å². The molecule has 3 N–H and O–H groups in total. The highest BCUT2D eigenvalue weighted by Gasteiger charge is 2.41. The lowest BCUT2D eigenvalue weighted by atomic mass is 9.98. The number of carbonyl (C=O) groups excluding carboxylic acids is 1. The molecule has 5 nitrogen and oxygen atoms in total. The first-order valence-electron chi connectivity index (χ1n) is 9.46. The molecular weight excluding hydrogens is 439 g/mol. The molecule has 0 bridgehead atoms. The molecular formula is C20H31IN4O. The second-order valence-corrected chi connectivity index (χ2v) is 7.25. The Morgan fingerprint density at radius 2 is 1.88 bits per heavy atom. The molecule has 144 valence electrons. The van der Waals surface area contributed by atoms with Crippen LogP contribution in [0.25, 0.3) is 0 Å². The Morgan fingerprint density at radius 1 is 1.19 bits per heavy atom. The van der Waals surface area contributed by atoms with E-state index in [4.69, 9.17) is 0 Å². The minimum Gasteiger partial charge on any atom is -0.356 e. The fraction of sp³-hybridized carbons (Fsp3) is 0.600. The zero-order valence-electron chi connectivity index (χ0n) is 15.8. The van der Waals surface area contributed by atoms with Crippen LogP contribution in [-0.2, 0) is 6.42 Å². The van der Waals surface area contributed by atoms with Crippen molar-refractivity contribution in [3.8, 4) is 0 Å². The number of hydrogen-bond donors (Lipinski definition) is 3. The van der Waals surface area contributed by atoms with Crippen LogP contribution in [0.2, 0.25) is 0 Å². The summed E-state index contributed by atoms with van der Waals surface area (Å²) in [5, 5.41) is 9.57. The highest BCUT2D eigenvalue weighted by atomic mass is 127. The number of nitrogens with zero attached hydrogens (tertiary/aromatic N) is 1. The maximum absolute atomic E-state index is 11.7. The molecule has 2 aliphatic rings. The van der Waals surface area contributed by atoms with Crippen LogP contribution in [0.4, 0.5) is 0 Å². The van der Waals surface area contributed by atoms with Crippen molar-refractivity contribution in [3.05, 3.63) is 35.4 Å². The van der Waals surface area contributed by atoms with Crippen molar-refractivity contribution in [1.82, 2.24) is 16.0 Å². The summed E-state index contributed by atoms with van der Waals surface area (Å²) in [6.45, 7) is 1.84. The van der Waals surface area contributed by atoms with Gasteiger partial charge >= 0.3 is 0 Å². The normalized spacial score (nSPS) is 16.8. The standard InChI is InChI=1S/C20H30N4O.HI/c1-21-19(25)17-5-3-4-14(12-17)10-11-23-20(22-2)24-13-18(15-6-7-15)16-8-9-16;/h3-5,12,15-16,18H,6-11,13H2,1-2H3,(H,21,25)(H2,22,23,24);1H. The van der Waals surface area contributed by atoms with Crippen molar-refractivity contribution in [1.29, 1.82) is 0 Å². The molecule has 0 unspecified atom stereocenters. The predicted octanol–water partition coefficient (Wildman–Crippen LogP) is 2.81. The van der Waals surface area contributed by atoms with Gasteiger partial charge in [-0.25, -0.2) is 0 Å². The molecule has 26 heavy (non-hydrogen) atoms. The van der Waals surface area contributed by atoms with Gasteiger partial charge in [-0.15, -0.1) is 24.0 Å². The van der Waals surface area contributed by atoms with Gasteiger partial charge in [0, 0.05) is 32.7 Å². The number of nitrogens with one attached hydrogen (secondary N) is 3. The summed E-state index contributed by atoms with van der Waals surface area (Å²) in [6.07, 6.45) is 6.51. The van der Waals surface area contributed by atoms with Gasteiger partial charge in [0.1, 0.15) is 0 Å². The van der Waals surface area contributed by atoms with Crippen LogP contribution in [0, 0.1) is 17.8 Å². The quantitative estimate of drug-likeness (QED) is 0.311. The zero-order chi connectivity index (χ0) is 17.6. The molecule has 0 aliphatic heterocycles. The van der Waals surface area contributed by atoms with E-state index in [2.05, 4.69) is 27.0 Å². The smallest absolute Gasteiger partial charge is 0.251 e. The summed E-state index contributed by atoms with van der Waals surface area (Å²) in [4.78, 5) is 16.0. The Labute approximate surface area is 173 Å². The number of halogens is 1. The molecule has 2 aliphatic carbocycles. The number of hydrogen-bond acceptors (Lipinski definition) is 2. The number of carbonyl (C=O) groups is 1. The second-order valence-electron chi connectivity index (χ2n) is 7.25. The predicted molar refractivity (Wildman–Crippen MR) is 117 cm³/mol. The molecule has 2 fully saturated rings. The van der Waals surface area contributed by atoms with E-state index in [9.17, 15) is 4.79 Å². The Morgan fingerprint density at radius 3 is 2.46 bits per heavy atom. The van der Waals surface area contributed by atoms with Gasteiger partial charge in [-0.05, 0) is 67.6 Å². The number of benzene rings is 1. The maximum atomic E-state index is 11.7. The monoisotopic (exact) mass is 470 g/mol. The topological polar surface area (TPSA) is 65.5 Å². The Kier molecular flexibility index (Phi) is 8.18. The first-order valence-corrected chi connectivity index (χ1v) is 9.46. The largest absolute Gasteiger partial charge is 0.356 e. The molecule has 0 spiro atoms. The Hall–Kier alpha value is -1.31. The van der Waals surface area contributed by atoms with Gasteiger partial charge in [0.15, 0.2) is 5.96 Å². The number of amides is 1. The van der Waals surface area contributed by atoms with E-state index in [1.54, 1.807) is 7.05 Å². The van der Waals surface area contributed by atoms with Gasteiger partial charge in [0.25, 0.3) is 5.91 Å². The molecule has 1 aromatic rings. The van der Waals surface area contributed by atoms with Crippen molar-refractivity contribution in [2.75, 3.05) is 27.2 Å². The van der Waals surface area contributed by atoms with E-state index in [-0.39, 0.29) is 29.9 Å². The van der Waals surface area contributed by atoms with E-state index >= 15 is 0 Å². The SMILES string of the molecule is CN=C(NCCc1cccc(C(=O)NC)c1)NCC(C1CC1)C1CC1.I. The van der Waals surface area contributed by atoms with Crippen LogP contribution in [-0.4, -0.2) is 39.1 Å². The average molecular weight is 470 g/mol. The minimum absolute atomic E-state index is 0. The molecule has 0 saturated heterocycles. The lowest BCUT2D eigenvalue weighted by molar-refractivity contribution is 0.0963. The first kappa shape index (κ1) is 21.0. The van der Waals surface area contributed by atoms with Crippen LogP contribution < -0.4 is 16.0 Å². The van der Waals surface area contributed by atoms with E-state index in [0.29, 0.717) is 5.56 Å². The lowest BCUT2D eigenvalue weighted by Crippen LogP contribution is -2.41. The molecule has 6 heteroatoms. The second kappa shape index (κ2) is 10.1. The summed E-state index contributed by atoms with van der Waals surface area (Å²) in [6, 6.07) is 7.78. The molecule has 1 amide bonds. The van der Waals surface area contributed by atoms with Gasteiger partial charge in [-0.1, -0.05) is 12.1 Å². The van der Waals surface area contributed by atoms with E-state index in [0.717, 1.165) is 48.8 Å². The third-order valence-corrected chi connectivity index (χ3v) is 5.31. The van der Waals surface area contributed by atoms with Crippen LogP contribution in [0.3, 0.4) is 0 Å². The van der Waals surface area contributed by atoms with Gasteiger partial charge in [0.2, 0.25) is 0 Å². The van der Waals surface area contributed by atoms with Crippen molar-refractivity contribution in [2.24, 2.45) is 22.7 Å². The summed E-state index contributed by atoms with van der Waals surface area (Å²) in [7, 11) is 3.48.